The van der Waals surface area contributed by atoms with Crippen LogP contribution in [0.4, 0.5) is 0 Å². The third kappa shape index (κ3) is 2.53. The molecule has 60 valence electrons. The summed E-state index contributed by atoms with van der Waals surface area (Å²) in [5, 5.41) is 0. The Balaban J connectivity index is 2.28. The van der Waals surface area contributed by atoms with Gasteiger partial charge in [0, 0.05) is 12.8 Å². The lowest BCUT2D eigenvalue weighted by molar-refractivity contribution is -0.137. The van der Waals surface area contributed by atoms with E-state index >= 15 is 0 Å². The zero-order valence-electron chi connectivity index (χ0n) is 6.42. The average Bonchev–Trinajstić information content (AvgIpc) is 2.31. The van der Waals surface area contributed by atoms with Gasteiger partial charge in [-0.2, -0.15) is 0 Å². The van der Waals surface area contributed by atoms with Crippen LogP contribution in [0.5, 0.6) is 0 Å². The molecule has 1 heterocycles. The second-order valence-electron chi connectivity index (χ2n) is 2.55. The average molecular weight is 154 g/mol. The molecule has 0 spiro atoms. The molecule has 0 aromatic heterocycles. The molecule has 3 heteroatoms. The van der Waals surface area contributed by atoms with Crippen LogP contribution < -0.4 is 0 Å². The highest BCUT2D eigenvalue weighted by atomic mass is 16.5. The van der Waals surface area contributed by atoms with E-state index in [1.165, 1.54) is 6.92 Å². The summed E-state index contributed by atoms with van der Waals surface area (Å²) in [5.41, 5.74) is 0. The quantitative estimate of drug-likeness (QED) is 0.573. The minimum absolute atomic E-state index is 0.119. The Hall–Kier alpha value is -1.12. The Kier molecular flexibility index (Phi) is 2.41. The molecule has 1 aliphatic rings. The van der Waals surface area contributed by atoms with Crippen LogP contribution in [0.1, 0.15) is 26.2 Å². The van der Waals surface area contributed by atoms with Crippen molar-refractivity contribution in [3.63, 3.8) is 0 Å². The third-order valence-corrected chi connectivity index (χ3v) is 1.46. The molecular weight excluding hydrogens is 144 g/mol. The number of hydrogen-bond donors (Lipinski definition) is 0. The SMILES string of the molecule is CC(=O)CCC1=CCC(=O)O1. The monoisotopic (exact) mass is 154 g/mol. The van der Waals surface area contributed by atoms with E-state index in [0.717, 1.165) is 0 Å². The lowest BCUT2D eigenvalue weighted by atomic mass is 10.2. The van der Waals surface area contributed by atoms with E-state index in [2.05, 4.69) is 0 Å². The van der Waals surface area contributed by atoms with Gasteiger partial charge in [-0.25, -0.2) is 0 Å². The first kappa shape index (κ1) is 7.98. The van der Waals surface area contributed by atoms with E-state index in [1.807, 2.05) is 0 Å². The molecule has 0 unspecified atom stereocenters. The maximum atomic E-state index is 10.5. The summed E-state index contributed by atoms with van der Waals surface area (Å²) in [4.78, 5) is 21.1. The Bertz CT molecular complexity index is 215. The van der Waals surface area contributed by atoms with Crippen molar-refractivity contribution in [3.8, 4) is 0 Å². The van der Waals surface area contributed by atoms with Gasteiger partial charge in [0.2, 0.25) is 0 Å². The number of Topliss-reactive ketones (excluding diaryl/α,β-unsaturated/α-hetero) is 1. The molecule has 0 aromatic carbocycles. The lowest BCUT2D eigenvalue weighted by Crippen LogP contribution is -1.96. The largest absolute Gasteiger partial charge is 0.431 e. The molecule has 0 aromatic rings. The first-order valence-corrected chi connectivity index (χ1v) is 3.57. The summed E-state index contributed by atoms with van der Waals surface area (Å²) >= 11 is 0. The Morgan fingerprint density at radius 2 is 2.45 bits per heavy atom. The van der Waals surface area contributed by atoms with Crippen LogP contribution in [0.2, 0.25) is 0 Å². The Morgan fingerprint density at radius 1 is 1.73 bits per heavy atom. The highest BCUT2D eigenvalue weighted by molar-refractivity contribution is 5.77. The third-order valence-electron chi connectivity index (χ3n) is 1.46. The number of ether oxygens (including phenoxy) is 1. The van der Waals surface area contributed by atoms with Crippen LogP contribution >= 0.6 is 0 Å². The summed E-state index contributed by atoms with van der Waals surface area (Å²) in [5.74, 6) is 0.544. The molecule has 0 radical (unpaired) electrons. The van der Waals surface area contributed by atoms with Crippen molar-refractivity contribution in [1.29, 1.82) is 0 Å². The van der Waals surface area contributed by atoms with Crippen molar-refractivity contribution in [1.82, 2.24) is 0 Å². The summed E-state index contributed by atoms with van der Waals surface area (Å²) in [6, 6.07) is 0. The molecule has 11 heavy (non-hydrogen) atoms. The molecule has 0 aliphatic carbocycles. The molecule has 0 bridgehead atoms. The van der Waals surface area contributed by atoms with E-state index in [0.29, 0.717) is 25.0 Å². The van der Waals surface area contributed by atoms with Gasteiger partial charge in [0.1, 0.15) is 11.5 Å². The van der Waals surface area contributed by atoms with Crippen molar-refractivity contribution in [2.75, 3.05) is 0 Å². The van der Waals surface area contributed by atoms with Crippen molar-refractivity contribution < 1.29 is 14.3 Å². The Labute approximate surface area is 65.0 Å². The van der Waals surface area contributed by atoms with Gasteiger partial charge < -0.3 is 9.53 Å². The van der Waals surface area contributed by atoms with E-state index in [9.17, 15) is 9.59 Å². The summed E-state index contributed by atoms with van der Waals surface area (Å²) in [7, 11) is 0. The van der Waals surface area contributed by atoms with E-state index in [-0.39, 0.29) is 11.8 Å². The number of rotatable bonds is 3. The van der Waals surface area contributed by atoms with Crippen LogP contribution in [-0.2, 0) is 14.3 Å². The fourth-order valence-corrected chi connectivity index (χ4v) is 0.879. The number of cyclic esters (lactones) is 1. The zero-order valence-corrected chi connectivity index (χ0v) is 6.42. The number of ketones is 1. The van der Waals surface area contributed by atoms with Crippen LogP contribution in [-0.4, -0.2) is 11.8 Å². The van der Waals surface area contributed by atoms with Crippen molar-refractivity contribution in [3.05, 3.63) is 11.8 Å². The Morgan fingerprint density at radius 3 is 2.91 bits per heavy atom. The van der Waals surface area contributed by atoms with Crippen LogP contribution in [0.15, 0.2) is 11.8 Å². The molecule has 0 amide bonds. The van der Waals surface area contributed by atoms with E-state index in [4.69, 9.17) is 4.74 Å². The smallest absolute Gasteiger partial charge is 0.314 e. The molecule has 0 fully saturated rings. The highest BCUT2D eigenvalue weighted by Crippen LogP contribution is 2.15. The second kappa shape index (κ2) is 3.32. The topological polar surface area (TPSA) is 43.4 Å². The van der Waals surface area contributed by atoms with Crippen molar-refractivity contribution in [2.45, 2.75) is 26.2 Å². The predicted octanol–water partition coefficient (Wildman–Crippen LogP) is 1.19. The fraction of sp³-hybridized carbons (Fsp3) is 0.500. The van der Waals surface area contributed by atoms with Gasteiger partial charge in [0.15, 0.2) is 0 Å². The fourth-order valence-electron chi connectivity index (χ4n) is 0.879. The van der Waals surface area contributed by atoms with Crippen LogP contribution in [0.3, 0.4) is 0 Å². The predicted molar refractivity (Wildman–Crippen MR) is 38.7 cm³/mol. The molecule has 0 saturated carbocycles. The maximum Gasteiger partial charge on any atom is 0.314 e. The van der Waals surface area contributed by atoms with E-state index < -0.39 is 0 Å². The number of carbonyl (C=O) groups excluding carboxylic acids is 2. The van der Waals surface area contributed by atoms with Gasteiger partial charge in [-0.3, -0.25) is 4.79 Å². The minimum Gasteiger partial charge on any atom is -0.431 e. The van der Waals surface area contributed by atoms with Gasteiger partial charge in [-0.1, -0.05) is 0 Å². The summed E-state index contributed by atoms with van der Waals surface area (Å²) in [6.45, 7) is 1.53. The molecule has 0 N–H and O–H groups in total. The number of hydrogen-bond acceptors (Lipinski definition) is 3. The molecule has 0 saturated heterocycles. The van der Waals surface area contributed by atoms with Gasteiger partial charge in [0.25, 0.3) is 0 Å². The van der Waals surface area contributed by atoms with Crippen LogP contribution in [0, 0.1) is 0 Å². The molecule has 1 rings (SSSR count). The molecule has 1 aliphatic heterocycles. The number of allylic oxidation sites excluding steroid dienone is 1. The summed E-state index contributed by atoms with van der Waals surface area (Å²) in [6.07, 6.45) is 3.10. The molecular formula is C8H10O3. The normalized spacial score (nSPS) is 16.1. The van der Waals surface area contributed by atoms with Crippen molar-refractivity contribution >= 4 is 11.8 Å². The van der Waals surface area contributed by atoms with Crippen LogP contribution in [0.25, 0.3) is 0 Å². The first-order valence-electron chi connectivity index (χ1n) is 3.57. The molecule has 0 atom stereocenters. The van der Waals surface area contributed by atoms with Gasteiger partial charge in [0.05, 0.1) is 6.42 Å². The highest BCUT2D eigenvalue weighted by Gasteiger charge is 2.13. The minimum atomic E-state index is -0.219. The van der Waals surface area contributed by atoms with Gasteiger partial charge >= 0.3 is 5.97 Å². The van der Waals surface area contributed by atoms with E-state index in [1.54, 1.807) is 6.08 Å². The van der Waals surface area contributed by atoms with Gasteiger partial charge in [-0.15, -0.1) is 0 Å². The second-order valence-corrected chi connectivity index (χ2v) is 2.55. The first-order chi connectivity index (χ1) is 5.18. The summed E-state index contributed by atoms with van der Waals surface area (Å²) < 4.78 is 4.78. The van der Waals surface area contributed by atoms with Gasteiger partial charge in [-0.05, 0) is 13.0 Å². The lowest BCUT2D eigenvalue weighted by Gasteiger charge is -1.98. The molecule has 3 nitrogen and oxygen atoms in total. The maximum absolute atomic E-state index is 10.5. The standard InChI is InChI=1S/C8H10O3/c1-6(9)2-3-7-4-5-8(10)11-7/h4H,2-3,5H2,1H3. The number of esters is 1. The van der Waals surface area contributed by atoms with Crippen molar-refractivity contribution in [2.24, 2.45) is 0 Å². The number of carbonyl (C=O) groups is 2. The zero-order chi connectivity index (χ0) is 8.27.